The van der Waals surface area contributed by atoms with Crippen LogP contribution >= 0.6 is 11.6 Å². The number of nitrogens with zero attached hydrogens (tertiary/aromatic N) is 5. The summed E-state index contributed by atoms with van der Waals surface area (Å²) < 4.78 is 30.0. The van der Waals surface area contributed by atoms with Gasteiger partial charge in [0, 0.05) is 31.7 Å². The molecular formula is C31H29ClN6O3S. The minimum atomic E-state index is -3.76. The van der Waals surface area contributed by atoms with Crippen LogP contribution < -0.4 is 5.32 Å². The second-order valence-electron chi connectivity index (χ2n) is 10.2. The Balaban J connectivity index is 1.37. The van der Waals surface area contributed by atoms with Crippen molar-refractivity contribution >= 4 is 44.3 Å². The number of pyridine rings is 1. The molecule has 42 heavy (non-hydrogen) atoms. The van der Waals surface area contributed by atoms with Gasteiger partial charge in [-0.2, -0.15) is 9.40 Å². The third kappa shape index (κ3) is 5.66. The number of sulfonamides is 1. The lowest BCUT2D eigenvalue weighted by atomic mass is 10.1. The van der Waals surface area contributed by atoms with Gasteiger partial charge in [-0.05, 0) is 36.9 Å². The van der Waals surface area contributed by atoms with Crippen molar-refractivity contribution in [2.75, 3.05) is 38.5 Å². The van der Waals surface area contributed by atoms with Gasteiger partial charge in [-0.1, -0.05) is 72.3 Å². The largest absolute Gasteiger partial charge is 0.321 e. The second kappa shape index (κ2) is 11.7. The number of hydrogen-bond acceptors (Lipinski definition) is 6. The number of halogens is 1. The molecule has 0 saturated carbocycles. The van der Waals surface area contributed by atoms with Crippen molar-refractivity contribution < 1.29 is 13.2 Å². The summed E-state index contributed by atoms with van der Waals surface area (Å²) in [5.74, 6) is -0.449. The van der Waals surface area contributed by atoms with Crippen LogP contribution in [0.25, 0.3) is 22.3 Å². The van der Waals surface area contributed by atoms with E-state index in [2.05, 4.69) is 15.3 Å². The molecule has 1 saturated heterocycles. The molecule has 1 aliphatic rings. The molecule has 3 heterocycles. The fraction of sp³-hybridized carbons (Fsp3) is 0.194. The van der Waals surface area contributed by atoms with Gasteiger partial charge >= 0.3 is 0 Å². The molecule has 6 rings (SSSR count). The number of benzene rings is 3. The molecular weight excluding hydrogens is 572 g/mol. The molecule has 3 aromatic carbocycles. The first-order chi connectivity index (χ1) is 20.3. The highest BCUT2D eigenvalue weighted by Crippen LogP contribution is 2.30. The number of carbonyl (C=O) groups excluding carboxylic acids is 1. The number of nitrogens with one attached hydrogen (secondary N) is 1. The Morgan fingerprint density at radius 1 is 0.929 bits per heavy atom. The number of anilines is 1. The highest BCUT2D eigenvalue weighted by molar-refractivity contribution is 7.89. The fourth-order valence-electron chi connectivity index (χ4n) is 4.99. The van der Waals surface area contributed by atoms with E-state index in [1.807, 2.05) is 67.7 Å². The van der Waals surface area contributed by atoms with E-state index < -0.39 is 15.9 Å². The molecule has 0 atom stereocenters. The smallest absolute Gasteiger partial charge is 0.256 e. The average molecular weight is 601 g/mol. The summed E-state index contributed by atoms with van der Waals surface area (Å²) in [5.41, 5.74) is 3.62. The van der Waals surface area contributed by atoms with Gasteiger partial charge in [0.25, 0.3) is 5.91 Å². The average Bonchev–Trinajstić information content (AvgIpc) is 3.41. The molecule has 5 aromatic rings. The summed E-state index contributed by atoms with van der Waals surface area (Å²) in [5, 5.41) is 8.21. The number of hydrogen-bond donors (Lipinski definition) is 1. The highest BCUT2D eigenvalue weighted by Gasteiger charge is 2.28. The standard InChI is InChI=1S/C31H29ClN6O3S/c1-36-14-16-37(17-15-36)42(40,41)24-12-13-27(32)29(18-24)35-31(39)25-19-28(23-10-6-3-7-11-23)34-30-26(25)20-33-38(30)21-22-8-4-2-5-9-22/h2-13,18-20H,14-17,21H2,1H3,(H,35,39). The predicted octanol–water partition coefficient (Wildman–Crippen LogP) is 4.99. The lowest BCUT2D eigenvalue weighted by molar-refractivity contribution is 0.102. The minimum Gasteiger partial charge on any atom is -0.321 e. The van der Waals surface area contributed by atoms with E-state index >= 15 is 0 Å². The monoisotopic (exact) mass is 600 g/mol. The Kier molecular flexibility index (Phi) is 7.78. The summed E-state index contributed by atoms with van der Waals surface area (Å²) in [7, 11) is -1.79. The molecule has 0 bridgehead atoms. The van der Waals surface area contributed by atoms with Crippen molar-refractivity contribution in [3.8, 4) is 11.3 Å². The molecule has 2 aromatic heterocycles. The molecule has 0 aliphatic carbocycles. The first-order valence-corrected chi connectivity index (χ1v) is 15.4. The Bertz CT molecular complexity index is 1850. The van der Waals surface area contributed by atoms with Gasteiger partial charge in [0.1, 0.15) is 0 Å². The van der Waals surface area contributed by atoms with E-state index in [0.717, 1.165) is 11.1 Å². The van der Waals surface area contributed by atoms with Gasteiger partial charge in [-0.3, -0.25) is 4.79 Å². The lowest BCUT2D eigenvalue weighted by Gasteiger charge is -2.31. The lowest BCUT2D eigenvalue weighted by Crippen LogP contribution is -2.47. The van der Waals surface area contributed by atoms with Crippen LogP contribution in [0.15, 0.2) is 96.0 Å². The van der Waals surface area contributed by atoms with E-state index in [0.29, 0.717) is 55.0 Å². The Hall–Kier alpha value is -4.09. The van der Waals surface area contributed by atoms with Crippen LogP contribution in [0.4, 0.5) is 5.69 Å². The van der Waals surface area contributed by atoms with Crippen LogP contribution in [0.3, 0.4) is 0 Å². The number of carbonyl (C=O) groups is 1. The summed E-state index contributed by atoms with van der Waals surface area (Å²) in [4.78, 5) is 20.9. The molecule has 1 fully saturated rings. The van der Waals surface area contributed by atoms with Crippen molar-refractivity contribution in [2.24, 2.45) is 0 Å². The molecule has 9 nitrogen and oxygen atoms in total. The number of aromatic nitrogens is 3. The van der Waals surface area contributed by atoms with Gasteiger partial charge in [0.2, 0.25) is 10.0 Å². The molecule has 1 N–H and O–H groups in total. The van der Waals surface area contributed by atoms with Gasteiger partial charge in [-0.25, -0.2) is 18.1 Å². The molecule has 0 spiro atoms. The molecule has 11 heteroatoms. The normalized spacial score (nSPS) is 14.7. The third-order valence-electron chi connectivity index (χ3n) is 7.38. The summed E-state index contributed by atoms with van der Waals surface area (Å²) in [6.45, 7) is 2.57. The maximum absolute atomic E-state index is 13.8. The van der Waals surface area contributed by atoms with Gasteiger partial charge in [-0.15, -0.1) is 0 Å². The van der Waals surface area contributed by atoms with Crippen LogP contribution in [0, 0.1) is 0 Å². The van der Waals surface area contributed by atoms with E-state index in [4.69, 9.17) is 16.6 Å². The molecule has 1 amide bonds. The number of likely N-dealkylation sites (N-methyl/N-ethyl adjacent to an activating group) is 1. The Labute approximate surface area is 249 Å². The zero-order valence-electron chi connectivity index (χ0n) is 22.9. The van der Waals surface area contributed by atoms with E-state index in [1.54, 1.807) is 16.9 Å². The highest BCUT2D eigenvalue weighted by atomic mass is 35.5. The van der Waals surface area contributed by atoms with Gasteiger partial charge < -0.3 is 10.2 Å². The number of fused-ring (bicyclic) bond motifs is 1. The quantitative estimate of drug-likeness (QED) is 0.283. The van der Waals surface area contributed by atoms with Gasteiger partial charge in [0.05, 0.1) is 45.0 Å². The first-order valence-electron chi connectivity index (χ1n) is 13.5. The van der Waals surface area contributed by atoms with Crippen LogP contribution in [0.1, 0.15) is 15.9 Å². The first kappa shape index (κ1) is 28.0. The van der Waals surface area contributed by atoms with E-state index in [-0.39, 0.29) is 15.6 Å². The Morgan fingerprint density at radius 3 is 2.33 bits per heavy atom. The molecule has 0 unspecified atom stereocenters. The SMILES string of the molecule is CN1CCN(S(=O)(=O)c2ccc(Cl)c(NC(=O)c3cc(-c4ccccc4)nc4c3cnn4Cc3ccccc3)c2)CC1. The Morgan fingerprint density at radius 2 is 1.62 bits per heavy atom. The topological polar surface area (TPSA) is 100 Å². The zero-order valence-corrected chi connectivity index (χ0v) is 24.5. The number of amides is 1. The maximum Gasteiger partial charge on any atom is 0.256 e. The van der Waals surface area contributed by atoms with Crippen LogP contribution in [-0.2, 0) is 16.6 Å². The van der Waals surface area contributed by atoms with Crippen LogP contribution in [0.2, 0.25) is 5.02 Å². The third-order valence-corrected chi connectivity index (χ3v) is 9.61. The van der Waals surface area contributed by atoms with Crippen molar-refractivity contribution in [3.63, 3.8) is 0 Å². The van der Waals surface area contributed by atoms with E-state index in [9.17, 15) is 13.2 Å². The van der Waals surface area contributed by atoms with Crippen molar-refractivity contribution in [1.29, 1.82) is 0 Å². The maximum atomic E-state index is 13.8. The fourth-order valence-corrected chi connectivity index (χ4v) is 6.61. The predicted molar refractivity (Wildman–Crippen MR) is 164 cm³/mol. The van der Waals surface area contributed by atoms with Crippen molar-refractivity contribution in [2.45, 2.75) is 11.4 Å². The van der Waals surface area contributed by atoms with Crippen molar-refractivity contribution in [1.82, 2.24) is 24.0 Å². The molecule has 0 radical (unpaired) electrons. The summed E-state index contributed by atoms with van der Waals surface area (Å²) in [6.07, 6.45) is 1.63. The zero-order chi connectivity index (χ0) is 29.3. The van der Waals surface area contributed by atoms with Crippen molar-refractivity contribution in [3.05, 3.63) is 107 Å². The summed E-state index contributed by atoms with van der Waals surface area (Å²) in [6, 6.07) is 25.6. The second-order valence-corrected chi connectivity index (χ2v) is 12.6. The number of piperazine rings is 1. The number of rotatable bonds is 7. The van der Waals surface area contributed by atoms with Crippen LogP contribution in [0.5, 0.6) is 0 Å². The molecule has 214 valence electrons. The van der Waals surface area contributed by atoms with Gasteiger partial charge in [0.15, 0.2) is 5.65 Å². The minimum absolute atomic E-state index is 0.0762. The molecule has 1 aliphatic heterocycles. The van der Waals surface area contributed by atoms with Crippen LogP contribution in [-0.4, -0.2) is 71.5 Å². The van der Waals surface area contributed by atoms with E-state index in [1.165, 1.54) is 22.5 Å². The summed E-state index contributed by atoms with van der Waals surface area (Å²) >= 11 is 6.46.